The Morgan fingerprint density at radius 3 is 2.60 bits per heavy atom. The molecule has 1 aliphatic rings. The van der Waals surface area contributed by atoms with Crippen LogP contribution in [0.2, 0.25) is 0 Å². The van der Waals surface area contributed by atoms with Crippen molar-refractivity contribution in [3.8, 4) is 0 Å². The summed E-state index contributed by atoms with van der Waals surface area (Å²) in [5.74, 6) is -0.0986. The van der Waals surface area contributed by atoms with Crippen LogP contribution in [0.3, 0.4) is 0 Å². The number of nitrogens with zero attached hydrogens (tertiary/aromatic N) is 1. The van der Waals surface area contributed by atoms with Gasteiger partial charge in [-0.1, -0.05) is 61.5 Å². The topological polar surface area (TPSA) is 41.5 Å². The molecule has 126 valence electrons. The Bertz CT molecular complexity index is 866. The maximum Gasteiger partial charge on any atom is 0.264 e. The van der Waals surface area contributed by atoms with E-state index in [4.69, 9.17) is 0 Å². The highest BCUT2D eigenvalue weighted by Crippen LogP contribution is 2.29. The van der Waals surface area contributed by atoms with Gasteiger partial charge in [0.1, 0.15) is 0 Å². The molecule has 0 aromatic heterocycles. The number of nitrogens with one attached hydrogen (secondary N) is 1. The van der Waals surface area contributed by atoms with Gasteiger partial charge in [0.05, 0.1) is 10.6 Å². The van der Waals surface area contributed by atoms with E-state index in [1.54, 1.807) is 0 Å². The molecule has 25 heavy (non-hydrogen) atoms. The van der Waals surface area contributed by atoms with Crippen molar-refractivity contribution in [2.75, 3.05) is 0 Å². The third-order valence-electron chi connectivity index (χ3n) is 3.80. The molecule has 0 unspecified atom stereocenters. The summed E-state index contributed by atoms with van der Waals surface area (Å²) in [7, 11) is 0. The molecule has 1 amide bonds. The molecule has 0 bridgehead atoms. The van der Waals surface area contributed by atoms with Gasteiger partial charge in [-0.05, 0) is 53.9 Å². The van der Waals surface area contributed by atoms with E-state index in [9.17, 15) is 4.79 Å². The number of aliphatic imine (C=N–C) groups is 1. The smallest absolute Gasteiger partial charge is 0.264 e. The van der Waals surface area contributed by atoms with Crippen LogP contribution in [0.5, 0.6) is 0 Å². The predicted molar refractivity (Wildman–Crippen MR) is 107 cm³/mol. The molecule has 3 nitrogen and oxygen atoms in total. The lowest BCUT2D eigenvalue weighted by molar-refractivity contribution is -0.115. The second kappa shape index (κ2) is 7.99. The lowest BCUT2D eigenvalue weighted by Gasteiger charge is -2.02. The summed E-state index contributed by atoms with van der Waals surface area (Å²) in [4.78, 5) is 17.5. The average molecular weight is 348 g/mol. The van der Waals surface area contributed by atoms with Gasteiger partial charge in [0.25, 0.3) is 5.91 Å². The number of para-hydroxylation sites is 1. The number of rotatable bonds is 4. The van der Waals surface area contributed by atoms with Crippen molar-refractivity contribution in [2.45, 2.75) is 20.3 Å². The predicted octanol–water partition coefficient (Wildman–Crippen LogP) is 5.09. The number of carbonyl (C=O) groups is 1. The quantitative estimate of drug-likeness (QED) is 0.782. The number of amidine groups is 1. The summed E-state index contributed by atoms with van der Waals surface area (Å²) in [5.41, 5.74) is 4.22. The van der Waals surface area contributed by atoms with E-state index in [0.29, 0.717) is 10.1 Å². The number of amides is 1. The summed E-state index contributed by atoms with van der Waals surface area (Å²) in [6.45, 7) is 4.10. The molecule has 0 radical (unpaired) electrons. The van der Waals surface area contributed by atoms with Crippen LogP contribution in [0.1, 0.15) is 25.0 Å². The Morgan fingerprint density at radius 1 is 1.12 bits per heavy atom. The Kier molecular flexibility index (Phi) is 5.51. The van der Waals surface area contributed by atoms with E-state index >= 15 is 0 Å². The number of hydrogen-bond donors (Lipinski definition) is 1. The van der Waals surface area contributed by atoms with E-state index in [1.807, 2.05) is 61.5 Å². The van der Waals surface area contributed by atoms with Gasteiger partial charge < -0.3 is 5.32 Å². The van der Waals surface area contributed by atoms with Gasteiger partial charge in [0.15, 0.2) is 5.17 Å². The Labute approximate surface area is 152 Å². The summed E-state index contributed by atoms with van der Waals surface area (Å²) in [6.07, 6.45) is 4.87. The van der Waals surface area contributed by atoms with Gasteiger partial charge in [0, 0.05) is 0 Å². The molecule has 3 rings (SSSR count). The lowest BCUT2D eigenvalue weighted by atomic mass is 10.1. The van der Waals surface area contributed by atoms with Crippen LogP contribution in [0.25, 0.3) is 6.08 Å². The number of allylic oxidation sites excluding steroid dienone is 2. The Balaban J connectivity index is 1.80. The van der Waals surface area contributed by atoms with Gasteiger partial charge in [-0.15, -0.1) is 0 Å². The molecule has 2 aromatic rings. The normalized spacial score (nSPS) is 18.0. The standard InChI is InChI=1S/C21H20N2OS/c1-3-17-11-7-8-12-18(17)22-21-23-20(24)19(25-21)14-15(2)13-16-9-5-4-6-10-16/h4-14H,3H2,1-2H3,(H,22,23,24)/b15-13+,19-14-. The number of thioether (sulfide) groups is 1. The molecule has 1 heterocycles. The second-order valence-electron chi connectivity index (χ2n) is 5.76. The average Bonchev–Trinajstić information content (AvgIpc) is 2.95. The number of hydrogen-bond acceptors (Lipinski definition) is 3. The van der Waals surface area contributed by atoms with Crippen molar-refractivity contribution in [3.05, 3.63) is 82.3 Å². The van der Waals surface area contributed by atoms with Gasteiger partial charge in [0.2, 0.25) is 0 Å². The highest BCUT2D eigenvalue weighted by molar-refractivity contribution is 8.18. The molecule has 1 aliphatic heterocycles. The minimum absolute atomic E-state index is 0.0986. The highest BCUT2D eigenvalue weighted by atomic mass is 32.2. The van der Waals surface area contributed by atoms with Crippen LogP contribution in [-0.4, -0.2) is 11.1 Å². The molecule has 0 spiro atoms. The summed E-state index contributed by atoms with van der Waals surface area (Å²) < 4.78 is 0. The van der Waals surface area contributed by atoms with Crippen molar-refractivity contribution < 1.29 is 4.79 Å². The second-order valence-corrected chi connectivity index (χ2v) is 6.79. The summed E-state index contributed by atoms with van der Waals surface area (Å²) in [5, 5.41) is 3.48. The fraction of sp³-hybridized carbons (Fsp3) is 0.143. The van der Waals surface area contributed by atoms with E-state index in [1.165, 1.54) is 17.3 Å². The highest BCUT2D eigenvalue weighted by Gasteiger charge is 2.23. The molecule has 4 heteroatoms. The van der Waals surface area contributed by atoms with Crippen LogP contribution < -0.4 is 5.32 Å². The molecule has 1 saturated heterocycles. The van der Waals surface area contributed by atoms with Gasteiger partial charge in [-0.3, -0.25) is 4.79 Å². The van der Waals surface area contributed by atoms with E-state index in [2.05, 4.69) is 29.4 Å². The monoisotopic (exact) mass is 348 g/mol. The third-order valence-corrected chi connectivity index (χ3v) is 4.71. The lowest BCUT2D eigenvalue weighted by Crippen LogP contribution is -2.19. The molecule has 0 atom stereocenters. The summed E-state index contributed by atoms with van der Waals surface area (Å²) in [6, 6.07) is 18.1. The van der Waals surface area contributed by atoms with Crippen LogP contribution in [0.4, 0.5) is 5.69 Å². The molecule has 1 fully saturated rings. The third kappa shape index (κ3) is 4.48. The molecule has 0 saturated carbocycles. The zero-order valence-electron chi connectivity index (χ0n) is 14.3. The minimum Gasteiger partial charge on any atom is -0.300 e. The van der Waals surface area contributed by atoms with Crippen LogP contribution in [0, 0.1) is 0 Å². The van der Waals surface area contributed by atoms with Gasteiger partial charge >= 0.3 is 0 Å². The maximum atomic E-state index is 12.2. The van der Waals surface area contributed by atoms with E-state index in [0.717, 1.165) is 23.2 Å². The zero-order valence-corrected chi connectivity index (χ0v) is 15.1. The summed E-state index contributed by atoms with van der Waals surface area (Å²) >= 11 is 1.38. The van der Waals surface area contributed by atoms with Gasteiger partial charge in [-0.25, -0.2) is 4.99 Å². The fourth-order valence-electron chi connectivity index (χ4n) is 2.57. The Hall–Kier alpha value is -2.59. The first-order valence-electron chi connectivity index (χ1n) is 8.26. The van der Waals surface area contributed by atoms with Crippen molar-refractivity contribution in [3.63, 3.8) is 0 Å². The largest absolute Gasteiger partial charge is 0.300 e. The SMILES string of the molecule is CCc1ccccc1N=C1NC(=O)/C(=C/C(C)=C/c2ccccc2)S1. The van der Waals surface area contributed by atoms with E-state index < -0.39 is 0 Å². The van der Waals surface area contributed by atoms with E-state index in [-0.39, 0.29) is 5.91 Å². The zero-order chi connectivity index (χ0) is 17.6. The molecular formula is C21H20N2OS. The molecule has 0 aliphatic carbocycles. The van der Waals surface area contributed by atoms with Gasteiger partial charge in [-0.2, -0.15) is 0 Å². The van der Waals surface area contributed by atoms with Crippen molar-refractivity contribution in [2.24, 2.45) is 4.99 Å². The number of carbonyl (C=O) groups excluding carboxylic acids is 1. The maximum absolute atomic E-state index is 12.2. The van der Waals surface area contributed by atoms with Crippen molar-refractivity contribution >= 4 is 34.6 Å². The minimum atomic E-state index is -0.0986. The molecular weight excluding hydrogens is 328 g/mol. The van der Waals surface area contributed by atoms with Crippen LogP contribution in [0.15, 0.2) is 76.1 Å². The molecule has 1 N–H and O–H groups in total. The first kappa shape index (κ1) is 17.2. The Morgan fingerprint density at radius 2 is 1.84 bits per heavy atom. The first-order valence-corrected chi connectivity index (χ1v) is 9.08. The van der Waals surface area contributed by atoms with Crippen LogP contribution in [-0.2, 0) is 11.2 Å². The molecule has 2 aromatic carbocycles. The number of aryl methyl sites for hydroxylation is 1. The fourth-order valence-corrected chi connectivity index (χ4v) is 3.45. The van der Waals surface area contributed by atoms with Crippen molar-refractivity contribution in [1.29, 1.82) is 0 Å². The number of benzene rings is 2. The first-order chi connectivity index (χ1) is 12.2. The van der Waals surface area contributed by atoms with Crippen LogP contribution >= 0.6 is 11.8 Å². The van der Waals surface area contributed by atoms with Crippen molar-refractivity contribution in [1.82, 2.24) is 5.32 Å².